The number of nitrogens with zero attached hydrogens (tertiary/aromatic N) is 3. The smallest absolute Gasteiger partial charge is 0.156 e. The lowest BCUT2D eigenvalue weighted by atomic mass is 10.3. The Balaban J connectivity index is 2.33. The van der Waals surface area contributed by atoms with Crippen LogP contribution in [0.3, 0.4) is 0 Å². The summed E-state index contributed by atoms with van der Waals surface area (Å²) in [5.41, 5.74) is 1.00. The van der Waals surface area contributed by atoms with Crippen molar-refractivity contribution in [3.05, 3.63) is 30.4 Å². The molecule has 0 atom stereocenters. The predicted molar refractivity (Wildman–Crippen MR) is 92.9 cm³/mol. The van der Waals surface area contributed by atoms with Gasteiger partial charge in [-0.2, -0.15) is 0 Å². The highest BCUT2D eigenvalue weighted by molar-refractivity contribution is 5.69. The minimum Gasteiger partial charge on any atom is -0.368 e. The second-order valence-electron chi connectivity index (χ2n) is 5.47. The molecule has 2 N–H and O–H groups in total. The summed E-state index contributed by atoms with van der Waals surface area (Å²) in [4.78, 5) is 9.21. The van der Waals surface area contributed by atoms with Gasteiger partial charge in [0.05, 0.1) is 0 Å². The summed E-state index contributed by atoms with van der Waals surface area (Å²) >= 11 is 0. The summed E-state index contributed by atoms with van der Waals surface area (Å²) in [5.74, 6) is 2.58. The van der Waals surface area contributed by atoms with Crippen LogP contribution in [0.1, 0.15) is 45.4 Å². The minimum atomic E-state index is 0.786. The van der Waals surface area contributed by atoms with Crippen molar-refractivity contribution in [2.75, 3.05) is 23.7 Å². The normalized spacial score (nSPS) is 10.7. The van der Waals surface area contributed by atoms with Crippen molar-refractivity contribution in [2.45, 2.75) is 46.5 Å². The Bertz CT molecular complexity index is 531. The van der Waals surface area contributed by atoms with Gasteiger partial charge < -0.3 is 15.2 Å². The van der Waals surface area contributed by atoms with Crippen molar-refractivity contribution < 1.29 is 0 Å². The monoisotopic (exact) mass is 301 g/mol. The number of hydrogen-bond acceptors (Lipinski definition) is 4. The van der Waals surface area contributed by atoms with Crippen molar-refractivity contribution in [1.29, 1.82) is 0 Å². The van der Waals surface area contributed by atoms with Crippen molar-refractivity contribution in [2.24, 2.45) is 0 Å². The Labute approximate surface area is 133 Å². The van der Waals surface area contributed by atoms with Gasteiger partial charge in [-0.3, -0.25) is 0 Å². The van der Waals surface area contributed by atoms with Crippen molar-refractivity contribution in [3.63, 3.8) is 0 Å². The van der Waals surface area contributed by atoms with E-state index in [4.69, 9.17) is 0 Å². The molecule has 22 heavy (non-hydrogen) atoms. The fourth-order valence-electron chi connectivity index (χ4n) is 2.31. The van der Waals surface area contributed by atoms with Gasteiger partial charge in [0.25, 0.3) is 0 Å². The zero-order valence-electron chi connectivity index (χ0n) is 13.9. The van der Waals surface area contributed by atoms with Crippen LogP contribution in [0, 0.1) is 6.92 Å². The lowest BCUT2D eigenvalue weighted by Gasteiger charge is -2.17. The summed E-state index contributed by atoms with van der Waals surface area (Å²) in [7, 11) is 0. The highest BCUT2D eigenvalue weighted by Crippen LogP contribution is 2.26. The molecule has 0 saturated carbocycles. The predicted octanol–water partition coefficient (Wildman–Crippen LogP) is 4.00. The van der Waals surface area contributed by atoms with E-state index < -0.39 is 0 Å². The Morgan fingerprint density at radius 2 is 1.41 bits per heavy atom. The second kappa shape index (κ2) is 8.41. The Morgan fingerprint density at radius 3 is 1.86 bits per heavy atom. The first-order valence-corrected chi connectivity index (χ1v) is 8.26. The molecule has 0 fully saturated rings. The van der Waals surface area contributed by atoms with E-state index in [2.05, 4.69) is 39.0 Å². The maximum atomic E-state index is 4.61. The van der Waals surface area contributed by atoms with Crippen molar-refractivity contribution >= 4 is 11.6 Å². The molecule has 2 heterocycles. The second-order valence-corrected chi connectivity index (χ2v) is 5.47. The fourth-order valence-corrected chi connectivity index (χ4v) is 2.31. The van der Waals surface area contributed by atoms with Crippen molar-refractivity contribution in [3.8, 4) is 5.69 Å². The molecular formula is C17H27N5. The van der Waals surface area contributed by atoms with Gasteiger partial charge in [0.15, 0.2) is 11.6 Å². The van der Waals surface area contributed by atoms with Crippen LogP contribution in [0.15, 0.2) is 24.5 Å². The van der Waals surface area contributed by atoms with E-state index >= 15 is 0 Å². The van der Waals surface area contributed by atoms with Crippen LogP contribution in [-0.4, -0.2) is 27.6 Å². The van der Waals surface area contributed by atoms with Gasteiger partial charge in [-0.1, -0.05) is 26.7 Å². The van der Waals surface area contributed by atoms with Crippen LogP contribution in [0.4, 0.5) is 11.6 Å². The molecule has 2 aromatic heterocycles. The average Bonchev–Trinajstić information content (AvgIpc) is 3.01. The molecule has 2 rings (SSSR count). The molecule has 0 aromatic carbocycles. The highest BCUT2D eigenvalue weighted by Gasteiger charge is 2.14. The molecule has 0 radical (unpaired) electrons. The van der Waals surface area contributed by atoms with Crippen LogP contribution in [-0.2, 0) is 0 Å². The van der Waals surface area contributed by atoms with Crippen LogP contribution in [0.2, 0.25) is 0 Å². The summed E-state index contributed by atoms with van der Waals surface area (Å²) in [6.07, 6.45) is 8.66. The zero-order valence-corrected chi connectivity index (χ0v) is 13.9. The van der Waals surface area contributed by atoms with Gasteiger partial charge >= 0.3 is 0 Å². The van der Waals surface area contributed by atoms with Gasteiger partial charge in [-0.05, 0) is 31.9 Å². The van der Waals surface area contributed by atoms with Crippen LogP contribution in [0.5, 0.6) is 0 Å². The minimum absolute atomic E-state index is 0.786. The van der Waals surface area contributed by atoms with E-state index in [-0.39, 0.29) is 0 Å². The summed E-state index contributed by atoms with van der Waals surface area (Å²) < 4.78 is 2.07. The Hall–Kier alpha value is -2.04. The topological polar surface area (TPSA) is 54.8 Å². The number of aryl methyl sites for hydroxylation is 1. The Kier molecular flexibility index (Phi) is 6.25. The van der Waals surface area contributed by atoms with Gasteiger partial charge in [0.2, 0.25) is 0 Å². The largest absolute Gasteiger partial charge is 0.368 e. The first kappa shape index (κ1) is 16.3. The molecule has 0 spiro atoms. The molecule has 0 aliphatic rings. The zero-order chi connectivity index (χ0) is 15.8. The molecule has 0 aliphatic carbocycles. The molecule has 0 amide bonds. The van der Waals surface area contributed by atoms with Gasteiger partial charge in [-0.15, -0.1) is 0 Å². The van der Waals surface area contributed by atoms with Crippen molar-refractivity contribution in [1.82, 2.24) is 14.5 Å². The molecule has 0 unspecified atom stereocenters. The van der Waals surface area contributed by atoms with Gasteiger partial charge in [0, 0.05) is 25.5 Å². The first-order valence-electron chi connectivity index (χ1n) is 8.26. The van der Waals surface area contributed by atoms with E-state index in [1.165, 1.54) is 0 Å². The number of hydrogen-bond donors (Lipinski definition) is 2. The number of aromatic nitrogens is 3. The van der Waals surface area contributed by atoms with Crippen LogP contribution >= 0.6 is 0 Å². The summed E-state index contributed by atoms with van der Waals surface area (Å²) in [6, 6.07) is 4.04. The average molecular weight is 301 g/mol. The molecular weight excluding hydrogens is 274 g/mol. The standard InChI is InChI=1S/C17H27N5/c1-4-6-10-18-16-15(22-12-8-9-13-22)17(19-11-7-5-2)21-14(3)20-16/h8-9,12-13H,4-7,10-11H2,1-3H3,(H2,18,19,20,21). The lowest BCUT2D eigenvalue weighted by Crippen LogP contribution is -2.14. The quantitative estimate of drug-likeness (QED) is 0.687. The van der Waals surface area contributed by atoms with E-state index in [9.17, 15) is 0 Å². The summed E-state index contributed by atoms with van der Waals surface area (Å²) in [6.45, 7) is 8.18. The lowest BCUT2D eigenvalue weighted by molar-refractivity contribution is 0.818. The van der Waals surface area contributed by atoms with Crippen LogP contribution in [0.25, 0.3) is 5.69 Å². The summed E-state index contributed by atoms with van der Waals surface area (Å²) in [5, 5.41) is 6.92. The van der Waals surface area contributed by atoms with E-state index in [0.29, 0.717) is 0 Å². The maximum Gasteiger partial charge on any atom is 0.156 e. The maximum absolute atomic E-state index is 4.61. The fraction of sp³-hybridized carbons (Fsp3) is 0.529. The van der Waals surface area contributed by atoms with E-state index in [1.54, 1.807) is 0 Å². The molecule has 120 valence electrons. The molecule has 0 bridgehead atoms. The molecule has 5 nitrogen and oxygen atoms in total. The number of rotatable bonds is 9. The van der Waals surface area contributed by atoms with Crippen LogP contribution < -0.4 is 10.6 Å². The van der Waals surface area contributed by atoms with Gasteiger partial charge in [-0.25, -0.2) is 9.97 Å². The first-order chi connectivity index (χ1) is 10.8. The van der Waals surface area contributed by atoms with Gasteiger partial charge in [0.1, 0.15) is 11.5 Å². The number of anilines is 2. The molecule has 0 saturated heterocycles. The third-order valence-electron chi connectivity index (χ3n) is 3.50. The molecule has 2 aromatic rings. The third-order valence-corrected chi connectivity index (χ3v) is 3.50. The number of nitrogens with one attached hydrogen (secondary N) is 2. The number of unbranched alkanes of at least 4 members (excludes halogenated alkanes) is 2. The Morgan fingerprint density at radius 1 is 0.909 bits per heavy atom. The van der Waals surface area contributed by atoms with E-state index in [0.717, 1.165) is 61.9 Å². The van der Waals surface area contributed by atoms with E-state index in [1.807, 2.05) is 31.5 Å². The SMILES string of the molecule is CCCCNc1nc(C)nc(NCCCC)c1-n1cccc1. The third kappa shape index (κ3) is 4.23. The molecule has 0 aliphatic heterocycles. The molecule has 5 heteroatoms. The highest BCUT2D eigenvalue weighted by atomic mass is 15.2.